The normalized spacial score (nSPS) is 22.5. The molecule has 2 heterocycles. The number of rotatable bonds is 4. The van der Waals surface area contributed by atoms with E-state index in [9.17, 15) is 9.59 Å². The molecule has 6 nitrogen and oxygen atoms in total. The Morgan fingerprint density at radius 2 is 2.24 bits per heavy atom. The van der Waals surface area contributed by atoms with Gasteiger partial charge in [0, 0.05) is 31.5 Å². The first-order valence-corrected chi connectivity index (χ1v) is 7.12. The molecule has 0 saturated carbocycles. The number of H-pyrrole nitrogens is 1. The third-order valence-corrected chi connectivity index (χ3v) is 4.08. The number of aromatic nitrogens is 1. The average Bonchev–Trinajstić information content (AvgIpc) is 2.78. The van der Waals surface area contributed by atoms with Crippen LogP contribution in [-0.4, -0.2) is 48.6 Å². The Morgan fingerprint density at radius 3 is 2.81 bits per heavy atom. The van der Waals surface area contributed by atoms with E-state index < -0.39 is 0 Å². The molecule has 2 atom stereocenters. The minimum atomic E-state index is -0.195. The van der Waals surface area contributed by atoms with E-state index in [1.165, 1.54) is 0 Å². The largest absolute Gasteiger partial charge is 0.380 e. The lowest BCUT2D eigenvalue weighted by Gasteiger charge is -2.18. The molecule has 116 valence electrons. The Labute approximate surface area is 124 Å². The van der Waals surface area contributed by atoms with Crippen LogP contribution in [0.15, 0.2) is 10.9 Å². The molecule has 1 aromatic heterocycles. The molecular formula is C15H23N3O3. The van der Waals surface area contributed by atoms with Gasteiger partial charge in [0.05, 0.1) is 12.1 Å². The lowest BCUT2D eigenvalue weighted by Crippen LogP contribution is -2.41. The first-order chi connectivity index (χ1) is 9.92. The summed E-state index contributed by atoms with van der Waals surface area (Å²) in [6.45, 7) is 4.72. The third kappa shape index (κ3) is 3.51. The quantitative estimate of drug-likeness (QED) is 0.839. The Kier molecular flexibility index (Phi) is 4.80. The number of methoxy groups -OCH3 is 1. The predicted octanol–water partition coefficient (Wildman–Crippen LogP) is 0.327. The summed E-state index contributed by atoms with van der Waals surface area (Å²) < 4.78 is 5.30. The molecule has 0 unspecified atom stereocenters. The Hall–Kier alpha value is -1.66. The van der Waals surface area contributed by atoms with Gasteiger partial charge in [0.15, 0.2) is 0 Å². The van der Waals surface area contributed by atoms with Gasteiger partial charge in [-0.2, -0.15) is 0 Å². The van der Waals surface area contributed by atoms with Crippen molar-refractivity contribution in [2.45, 2.75) is 39.0 Å². The molecule has 0 aromatic carbocycles. The number of ether oxygens (including phenoxy) is 1. The minimum absolute atomic E-state index is 0.0589. The van der Waals surface area contributed by atoms with Crippen LogP contribution in [0.2, 0.25) is 0 Å². The lowest BCUT2D eigenvalue weighted by molar-refractivity contribution is -0.125. The molecule has 0 radical (unpaired) electrons. The van der Waals surface area contributed by atoms with Crippen molar-refractivity contribution >= 4 is 5.91 Å². The molecule has 21 heavy (non-hydrogen) atoms. The zero-order valence-corrected chi connectivity index (χ0v) is 13.0. The van der Waals surface area contributed by atoms with Crippen LogP contribution < -0.4 is 10.9 Å². The highest BCUT2D eigenvalue weighted by atomic mass is 16.5. The molecule has 0 aliphatic carbocycles. The summed E-state index contributed by atoms with van der Waals surface area (Å²) in [4.78, 5) is 28.9. The number of aryl methyl sites for hydroxylation is 2. The number of carbonyl (C=O) groups excluding carboxylic acids is 1. The van der Waals surface area contributed by atoms with Gasteiger partial charge in [-0.25, -0.2) is 0 Å². The van der Waals surface area contributed by atoms with Crippen LogP contribution in [-0.2, 0) is 16.1 Å². The van der Waals surface area contributed by atoms with Gasteiger partial charge in [-0.3, -0.25) is 14.5 Å². The number of hydrogen-bond acceptors (Lipinski definition) is 4. The van der Waals surface area contributed by atoms with E-state index in [0.717, 1.165) is 17.8 Å². The SMILES string of the molecule is CO[C@H]1C[C@@H](C(=O)NCc2c(C)cc(C)[nH]c2=O)N(C)C1. The van der Waals surface area contributed by atoms with Crippen molar-refractivity contribution in [3.8, 4) is 0 Å². The summed E-state index contributed by atoms with van der Waals surface area (Å²) in [7, 11) is 3.57. The maximum atomic E-state index is 12.3. The number of carbonyl (C=O) groups is 1. The first kappa shape index (κ1) is 15.7. The van der Waals surface area contributed by atoms with Crippen molar-refractivity contribution in [1.82, 2.24) is 15.2 Å². The molecule has 1 aliphatic heterocycles. The summed E-state index contributed by atoms with van der Waals surface area (Å²) in [5.74, 6) is -0.0589. The molecule has 0 bridgehead atoms. The third-order valence-electron chi connectivity index (χ3n) is 4.08. The zero-order chi connectivity index (χ0) is 15.6. The van der Waals surface area contributed by atoms with E-state index in [1.54, 1.807) is 7.11 Å². The molecule has 1 amide bonds. The lowest BCUT2D eigenvalue weighted by atomic mass is 10.1. The maximum absolute atomic E-state index is 12.3. The fourth-order valence-electron chi connectivity index (χ4n) is 2.82. The fraction of sp³-hybridized carbons (Fsp3) is 0.600. The topological polar surface area (TPSA) is 74.4 Å². The Morgan fingerprint density at radius 1 is 1.52 bits per heavy atom. The second-order valence-corrected chi connectivity index (χ2v) is 5.71. The molecule has 6 heteroatoms. The van der Waals surface area contributed by atoms with Crippen molar-refractivity contribution in [2.24, 2.45) is 0 Å². The number of nitrogens with zero attached hydrogens (tertiary/aromatic N) is 1. The van der Waals surface area contributed by atoms with Gasteiger partial charge in [0.2, 0.25) is 5.91 Å². The highest BCUT2D eigenvalue weighted by Gasteiger charge is 2.34. The van der Waals surface area contributed by atoms with E-state index in [2.05, 4.69) is 10.3 Å². The summed E-state index contributed by atoms with van der Waals surface area (Å²) in [6, 6.07) is 1.71. The van der Waals surface area contributed by atoms with E-state index in [1.807, 2.05) is 31.9 Å². The van der Waals surface area contributed by atoms with Crippen LogP contribution in [0.5, 0.6) is 0 Å². The number of amides is 1. The van der Waals surface area contributed by atoms with Crippen LogP contribution in [0.4, 0.5) is 0 Å². The molecule has 1 aliphatic rings. The fourth-order valence-corrected chi connectivity index (χ4v) is 2.82. The molecule has 1 aromatic rings. The Balaban J connectivity index is 2.01. The number of nitrogens with one attached hydrogen (secondary N) is 2. The molecule has 2 rings (SSSR count). The van der Waals surface area contributed by atoms with Gasteiger partial charge in [-0.05, 0) is 38.9 Å². The minimum Gasteiger partial charge on any atom is -0.380 e. The van der Waals surface area contributed by atoms with Gasteiger partial charge in [-0.15, -0.1) is 0 Å². The summed E-state index contributed by atoms with van der Waals surface area (Å²) in [5.41, 5.74) is 2.19. The number of aromatic amines is 1. The van der Waals surface area contributed by atoms with E-state index >= 15 is 0 Å². The van der Waals surface area contributed by atoms with E-state index in [-0.39, 0.29) is 30.2 Å². The van der Waals surface area contributed by atoms with Crippen LogP contribution in [0.25, 0.3) is 0 Å². The second kappa shape index (κ2) is 6.41. The van der Waals surface area contributed by atoms with Crippen LogP contribution >= 0.6 is 0 Å². The van der Waals surface area contributed by atoms with Gasteiger partial charge in [0.1, 0.15) is 0 Å². The monoisotopic (exact) mass is 293 g/mol. The maximum Gasteiger partial charge on any atom is 0.253 e. The summed E-state index contributed by atoms with van der Waals surface area (Å²) in [6.07, 6.45) is 0.775. The van der Waals surface area contributed by atoms with E-state index in [4.69, 9.17) is 4.74 Å². The average molecular weight is 293 g/mol. The predicted molar refractivity (Wildman–Crippen MR) is 80.2 cm³/mol. The van der Waals surface area contributed by atoms with Crippen LogP contribution in [0, 0.1) is 13.8 Å². The summed E-state index contributed by atoms with van der Waals surface area (Å²) in [5, 5.41) is 2.86. The smallest absolute Gasteiger partial charge is 0.253 e. The van der Waals surface area contributed by atoms with Gasteiger partial charge in [0.25, 0.3) is 5.56 Å². The number of likely N-dealkylation sites (tertiary alicyclic amines) is 1. The number of likely N-dealkylation sites (N-methyl/N-ethyl adjacent to an activating group) is 1. The molecular weight excluding hydrogens is 270 g/mol. The standard InChI is InChI=1S/C15H23N3O3/c1-9-5-10(2)17-14(19)12(9)7-16-15(20)13-6-11(21-4)8-18(13)3/h5,11,13H,6-8H2,1-4H3,(H,16,20)(H,17,19)/t11-,13-/m0/s1. The van der Waals surface area contributed by atoms with Crippen molar-refractivity contribution < 1.29 is 9.53 Å². The second-order valence-electron chi connectivity index (χ2n) is 5.71. The summed E-state index contributed by atoms with van der Waals surface area (Å²) >= 11 is 0. The van der Waals surface area contributed by atoms with Crippen LogP contribution in [0.3, 0.4) is 0 Å². The van der Waals surface area contributed by atoms with Crippen molar-refractivity contribution in [1.29, 1.82) is 0 Å². The highest BCUT2D eigenvalue weighted by Crippen LogP contribution is 2.18. The van der Waals surface area contributed by atoms with E-state index in [0.29, 0.717) is 12.0 Å². The molecule has 0 spiro atoms. The molecule has 2 N–H and O–H groups in total. The van der Waals surface area contributed by atoms with Crippen molar-refractivity contribution in [3.63, 3.8) is 0 Å². The van der Waals surface area contributed by atoms with Crippen molar-refractivity contribution in [2.75, 3.05) is 20.7 Å². The highest BCUT2D eigenvalue weighted by molar-refractivity contribution is 5.82. The molecule has 1 fully saturated rings. The van der Waals surface area contributed by atoms with Gasteiger partial charge >= 0.3 is 0 Å². The number of pyridine rings is 1. The van der Waals surface area contributed by atoms with Gasteiger partial charge in [-0.1, -0.05) is 0 Å². The zero-order valence-electron chi connectivity index (χ0n) is 13.0. The van der Waals surface area contributed by atoms with Gasteiger partial charge < -0.3 is 15.0 Å². The number of hydrogen-bond donors (Lipinski definition) is 2. The Bertz CT molecular complexity index is 582. The van der Waals surface area contributed by atoms with Crippen molar-refractivity contribution in [3.05, 3.63) is 33.2 Å². The molecule has 1 saturated heterocycles. The van der Waals surface area contributed by atoms with Crippen LogP contribution in [0.1, 0.15) is 23.2 Å². The first-order valence-electron chi connectivity index (χ1n) is 7.12.